The zero-order chi connectivity index (χ0) is 17.4. The molecule has 24 heavy (non-hydrogen) atoms. The maximum Gasteiger partial charge on any atom is 0.124 e. The van der Waals surface area contributed by atoms with E-state index in [1.54, 1.807) is 0 Å². The molecule has 1 aliphatic rings. The van der Waals surface area contributed by atoms with Gasteiger partial charge in [-0.1, -0.05) is 12.6 Å². The molecule has 0 saturated heterocycles. The molecule has 0 aliphatic heterocycles. The van der Waals surface area contributed by atoms with E-state index in [4.69, 9.17) is 4.74 Å². The summed E-state index contributed by atoms with van der Waals surface area (Å²) in [6.45, 7) is 12.7. The molecule has 3 rings (SSSR count). The number of rotatable bonds is 5. The fourth-order valence-electron chi connectivity index (χ4n) is 3.38. The van der Waals surface area contributed by atoms with E-state index in [-0.39, 0.29) is 0 Å². The first-order valence-corrected chi connectivity index (χ1v) is 8.52. The van der Waals surface area contributed by atoms with Crippen LogP contribution in [-0.2, 0) is 0 Å². The number of aliphatic imine (C=N–C) groups is 1. The number of hydrogen-bond donors (Lipinski definition) is 0. The van der Waals surface area contributed by atoms with Gasteiger partial charge in [-0.3, -0.25) is 4.99 Å². The molecular weight excluding hydrogens is 296 g/mol. The predicted molar refractivity (Wildman–Crippen MR) is 102 cm³/mol. The zero-order valence-electron chi connectivity index (χ0n) is 15.3. The summed E-state index contributed by atoms with van der Waals surface area (Å²) in [5, 5.41) is 0. The Balaban J connectivity index is 2.19. The van der Waals surface area contributed by atoms with E-state index in [1.165, 1.54) is 41.0 Å². The van der Waals surface area contributed by atoms with Crippen molar-refractivity contribution in [3.63, 3.8) is 0 Å². The Morgan fingerprint density at radius 1 is 1.25 bits per heavy atom. The van der Waals surface area contributed by atoms with Gasteiger partial charge in [-0.05, 0) is 58.2 Å². The van der Waals surface area contributed by atoms with Gasteiger partial charge in [0, 0.05) is 41.3 Å². The standard InChI is InChI=1S/C21H26N2O/c1-13(2)21-16(5)23(15(4)18(21)12-22-6)19-8-7-9-20(14(19)3)24-17-10-11-17/h7-9,12,17H,1,10-11H2,2-6H3. The summed E-state index contributed by atoms with van der Waals surface area (Å²) in [6, 6.07) is 6.30. The van der Waals surface area contributed by atoms with Crippen molar-refractivity contribution in [3.05, 3.63) is 52.9 Å². The lowest BCUT2D eigenvalue weighted by Crippen LogP contribution is -2.05. The second-order valence-corrected chi connectivity index (χ2v) is 6.68. The molecule has 0 amide bonds. The number of allylic oxidation sites excluding steroid dienone is 1. The van der Waals surface area contributed by atoms with Crippen LogP contribution < -0.4 is 4.74 Å². The van der Waals surface area contributed by atoms with E-state index in [9.17, 15) is 0 Å². The second-order valence-electron chi connectivity index (χ2n) is 6.68. The third kappa shape index (κ3) is 2.79. The van der Waals surface area contributed by atoms with E-state index < -0.39 is 0 Å². The fourth-order valence-corrected chi connectivity index (χ4v) is 3.38. The summed E-state index contributed by atoms with van der Waals surface area (Å²) in [6.07, 6.45) is 4.67. The monoisotopic (exact) mass is 322 g/mol. The lowest BCUT2D eigenvalue weighted by molar-refractivity contribution is 0.301. The van der Waals surface area contributed by atoms with Gasteiger partial charge in [0.05, 0.1) is 11.8 Å². The number of hydrogen-bond acceptors (Lipinski definition) is 2. The Labute approximate surface area is 144 Å². The van der Waals surface area contributed by atoms with Crippen LogP contribution in [0, 0.1) is 20.8 Å². The first kappa shape index (κ1) is 16.6. The molecule has 1 aromatic carbocycles. The molecule has 1 saturated carbocycles. The highest BCUT2D eigenvalue weighted by atomic mass is 16.5. The smallest absolute Gasteiger partial charge is 0.124 e. The van der Waals surface area contributed by atoms with Gasteiger partial charge in [0.1, 0.15) is 5.75 Å². The molecule has 0 N–H and O–H groups in total. The van der Waals surface area contributed by atoms with E-state index in [0.29, 0.717) is 6.10 Å². The summed E-state index contributed by atoms with van der Waals surface area (Å²) in [4.78, 5) is 4.24. The highest BCUT2D eigenvalue weighted by Crippen LogP contribution is 2.35. The maximum atomic E-state index is 6.07. The van der Waals surface area contributed by atoms with Crippen LogP contribution in [0.5, 0.6) is 5.75 Å². The summed E-state index contributed by atoms with van der Waals surface area (Å²) >= 11 is 0. The minimum absolute atomic E-state index is 0.402. The molecule has 0 bridgehead atoms. The minimum atomic E-state index is 0.402. The number of benzene rings is 1. The van der Waals surface area contributed by atoms with Gasteiger partial charge in [-0.2, -0.15) is 0 Å². The lowest BCUT2D eigenvalue weighted by atomic mass is 10.0. The normalized spacial score (nSPS) is 14.4. The molecule has 1 fully saturated rings. The van der Waals surface area contributed by atoms with Gasteiger partial charge in [-0.15, -0.1) is 0 Å². The van der Waals surface area contributed by atoms with Crippen LogP contribution in [0.25, 0.3) is 11.3 Å². The molecule has 0 radical (unpaired) electrons. The van der Waals surface area contributed by atoms with Crippen LogP contribution in [0.3, 0.4) is 0 Å². The van der Waals surface area contributed by atoms with Crippen LogP contribution in [0.2, 0.25) is 0 Å². The third-order valence-corrected chi connectivity index (χ3v) is 4.69. The van der Waals surface area contributed by atoms with Gasteiger partial charge in [-0.25, -0.2) is 0 Å². The largest absolute Gasteiger partial charge is 0.490 e. The zero-order valence-corrected chi connectivity index (χ0v) is 15.3. The van der Waals surface area contributed by atoms with Crippen molar-refractivity contribution < 1.29 is 4.74 Å². The van der Waals surface area contributed by atoms with Crippen molar-refractivity contribution in [2.45, 2.75) is 46.6 Å². The molecular formula is C21H26N2O. The third-order valence-electron chi connectivity index (χ3n) is 4.69. The average Bonchev–Trinajstić information content (AvgIpc) is 3.30. The van der Waals surface area contributed by atoms with Crippen LogP contribution in [0.15, 0.2) is 29.8 Å². The average molecular weight is 322 g/mol. The van der Waals surface area contributed by atoms with Crippen molar-refractivity contribution in [2.24, 2.45) is 4.99 Å². The lowest BCUT2D eigenvalue weighted by Gasteiger charge is -2.16. The van der Waals surface area contributed by atoms with Crippen molar-refractivity contribution in [1.82, 2.24) is 4.57 Å². The number of ether oxygens (including phenoxy) is 1. The predicted octanol–water partition coefficient (Wildman–Crippen LogP) is 5.03. The Morgan fingerprint density at radius 3 is 2.54 bits per heavy atom. The minimum Gasteiger partial charge on any atom is -0.490 e. The fraction of sp³-hybridized carbons (Fsp3) is 0.381. The Kier molecular flexibility index (Phi) is 4.35. The molecule has 0 spiro atoms. The molecule has 3 heteroatoms. The van der Waals surface area contributed by atoms with Gasteiger partial charge >= 0.3 is 0 Å². The summed E-state index contributed by atoms with van der Waals surface area (Å²) in [7, 11) is 1.81. The van der Waals surface area contributed by atoms with Crippen molar-refractivity contribution in [2.75, 3.05) is 7.05 Å². The molecule has 0 unspecified atom stereocenters. The van der Waals surface area contributed by atoms with E-state index in [1.807, 2.05) is 13.3 Å². The maximum absolute atomic E-state index is 6.07. The SMILES string of the molecule is C=C(C)c1c(C=NC)c(C)n(-c2cccc(OC3CC3)c2C)c1C. The molecule has 2 aromatic rings. The van der Waals surface area contributed by atoms with Crippen molar-refractivity contribution >= 4 is 11.8 Å². The van der Waals surface area contributed by atoms with Gasteiger partial charge in [0.2, 0.25) is 0 Å². The molecule has 1 aliphatic carbocycles. The molecule has 0 atom stereocenters. The van der Waals surface area contributed by atoms with Crippen LogP contribution in [0.1, 0.15) is 47.8 Å². The summed E-state index contributed by atoms with van der Waals surface area (Å²) < 4.78 is 8.37. The summed E-state index contributed by atoms with van der Waals surface area (Å²) in [5.74, 6) is 0.991. The number of aromatic nitrogens is 1. The molecule has 3 nitrogen and oxygen atoms in total. The van der Waals surface area contributed by atoms with Crippen molar-refractivity contribution in [3.8, 4) is 11.4 Å². The highest BCUT2D eigenvalue weighted by Gasteiger charge is 2.25. The molecule has 126 valence electrons. The van der Waals surface area contributed by atoms with E-state index in [2.05, 4.69) is 62.0 Å². The first-order chi connectivity index (χ1) is 11.5. The van der Waals surface area contributed by atoms with E-state index in [0.717, 1.165) is 16.9 Å². The number of nitrogens with zero attached hydrogens (tertiary/aromatic N) is 2. The highest BCUT2D eigenvalue weighted by molar-refractivity contribution is 5.91. The Bertz CT molecular complexity index is 823. The second kappa shape index (κ2) is 6.31. The summed E-state index contributed by atoms with van der Waals surface area (Å²) in [5.41, 5.74) is 8.12. The molecule has 1 heterocycles. The molecule has 1 aromatic heterocycles. The topological polar surface area (TPSA) is 26.5 Å². The van der Waals surface area contributed by atoms with Crippen LogP contribution in [0.4, 0.5) is 0 Å². The quantitative estimate of drug-likeness (QED) is 0.709. The van der Waals surface area contributed by atoms with Gasteiger partial charge in [0.25, 0.3) is 0 Å². The van der Waals surface area contributed by atoms with Gasteiger partial charge < -0.3 is 9.30 Å². The Hall–Kier alpha value is -2.29. The first-order valence-electron chi connectivity index (χ1n) is 8.52. The van der Waals surface area contributed by atoms with Crippen molar-refractivity contribution in [1.29, 1.82) is 0 Å². The van der Waals surface area contributed by atoms with Gasteiger partial charge in [0.15, 0.2) is 0 Å². The van der Waals surface area contributed by atoms with Crippen LogP contribution in [-0.4, -0.2) is 23.9 Å². The van der Waals surface area contributed by atoms with E-state index >= 15 is 0 Å². The van der Waals surface area contributed by atoms with Crippen LogP contribution >= 0.6 is 0 Å². The Morgan fingerprint density at radius 2 is 1.96 bits per heavy atom.